The molecule has 0 unspecified atom stereocenters. The number of hydrogen-bond acceptors (Lipinski definition) is 3. The van der Waals surface area contributed by atoms with Gasteiger partial charge < -0.3 is 14.7 Å². The lowest BCUT2D eigenvalue weighted by Crippen LogP contribution is -2.59. The third-order valence-electron chi connectivity index (χ3n) is 6.35. The zero-order valence-corrected chi connectivity index (χ0v) is 22.8. The molecule has 3 N–H and O–H groups in total. The second-order valence-electron chi connectivity index (χ2n) is 9.50. The molecule has 2 aromatic carbocycles. The Morgan fingerprint density at radius 2 is 0.886 bits per heavy atom. The van der Waals surface area contributed by atoms with Crippen molar-refractivity contribution in [2.45, 2.75) is 110 Å². The van der Waals surface area contributed by atoms with E-state index in [0.717, 1.165) is 12.8 Å². The van der Waals surface area contributed by atoms with Gasteiger partial charge in [0.15, 0.2) is 0 Å². The topological polar surface area (TPSA) is 77.8 Å². The first-order valence-corrected chi connectivity index (χ1v) is 15.7. The van der Waals surface area contributed by atoms with Gasteiger partial charge in [-0.3, -0.25) is 4.79 Å². The summed E-state index contributed by atoms with van der Waals surface area (Å²) in [6.07, 6.45) is 20.2. The minimum atomic E-state index is -3.46. The highest BCUT2D eigenvalue weighted by atomic mass is 28.4. The molecule has 0 atom stereocenters. The molecule has 4 nitrogen and oxygen atoms in total. The van der Waals surface area contributed by atoms with Crippen LogP contribution in [0.1, 0.15) is 110 Å². The molecule has 196 valence electrons. The monoisotopic (exact) mass is 500 g/mol. The third kappa shape index (κ3) is 15.6. The first kappa shape index (κ1) is 31.1. The molecule has 0 bridgehead atoms. The minimum absolute atomic E-state index is 0.345. The molecule has 2 rings (SSSR count). The van der Waals surface area contributed by atoms with E-state index in [-0.39, 0.29) is 0 Å². The van der Waals surface area contributed by atoms with Crippen molar-refractivity contribution in [3.8, 4) is 0 Å². The van der Waals surface area contributed by atoms with Crippen molar-refractivity contribution in [1.29, 1.82) is 0 Å². The number of hydrogen-bond donors (Lipinski definition) is 3. The van der Waals surface area contributed by atoms with Gasteiger partial charge in [0, 0.05) is 6.42 Å². The lowest BCUT2D eigenvalue weighted by Gasteiger charge is -2.18. The van der Waals surface area contributed by atoms with Gasteiger partial charge in [-0.2, -0.15) is 0 Å². The van der Waals surface area contributed by atoms with Crippen molar-refractivity contribution in [3.05, 3.63) is 60.7 Å². The highest BCUT2D eigenvalue weighted by Crippen LogP contribution is 2.13. The molecule has 0 amide bonds. The average Bonchev–Trinajstić information content (AvgIpc) is 2.87. The molecule has 0 spiro atoms. The maximum Gasteiger partial charge on any atom is 0.401 e. The van der Waals surface area contributed by atoms with Gasteiger partial charge in [0.25, 0.3) is 0 Å². The van der Waals surface area contributed by atoms with Crippen LogP contribution in [-0.2, 0) is 4.79 Å². The summed E-state index contributed by atoms with van der Waals surface area (Å²) in [6.45, 7) is 2.27. The molecule has 0 aliphatic carbocycles. The Kier molecular flexibility index (Phi) is 18.0. The zero-order chi connectivity index (χ0) is 25.6. The Balaban J connectivity index is 0.000000362. The summed E-state index contributed by atoms with van der Waals surface area (Å²) in [5.74, 6) is -0.653. The normalized spacial score (nSPS) is 11.1. The van der Waals surface area contributed by atoms with Gasteiger partial charge in [-0.15, -0.1) is 0 Å². The lowest BCUT2D eigenvalue weighted by atomic mass is 10.0. The Morgan fingerprint density at radius 3 is 1.20 bits per heavy atom. The fourth-order valence-electron chi connectivity index (χ4n) is 4.16. The van der Waals surface area contributed by atoms with Crippen molar-refractivity contribution in [2.75, 3.05) is 0 Å². The number of benzene rings is 2. The molecular formula is C30H48O4Si. The first-order chi connectivity index (χ1) is 17.0. The molecule has 0 radical (unpaired) electrons. The van der Waals surface area contributed by atoms with Crippen molar-refractivity contribution >= 4 is 24.9 Å². The SMILES string of the molecule is CCCCCCCCCCCCCCCCCC(=O)O.O[Si](O)(c1ccccc1)c1ccccc1. The summed E-state index contributed by atoms with van der Waals surface area (Å²) in [5.41, 5.74) is 0. The van der Waals surface area contributed by atoms with Crippen LogP contribution >= 0.6 is 0 Å². The van der Waals surface area contributed by atoms with Gasteiger partial charge in [-0.25, -0.2) is 0 Å². The molecule has 0 saturated carbocycles. The highest BCUT2D eigenvalue weighted by Gasteiger charge is 2.34. The molecule has 0 saturated heterocycles. The van der Waals surface area contributed by atoms with E-state index in [4.69, 9.17) is 5.11 Å². The minimum Gasteiger partial charge on any atom is -0.481 e. The van der Waals surface area contributed by atoms with Crippen LogP contribution in [0.5, 0.6) is 0 Å². The van der Waals surface area contributed by atoms with E-state index in [1.165, 1.54) is 83.5 Å². The first-order valence-electron chi connectivity index (χ1n) is 13.8. The summed E-state index contributed by atoms with van der Waals surface area (Å²) in [7, 11) is -3.46. The number of carboxylic acids is 1. The molecule has 5 heteroatoms. The van der Waals surface area contributed by atoms with E-state index in [1.807, 2.05) is 36.4 Å². The van der Waals surface area contributed by atoms with E-state index in [1.54, 1.807) is 24.3 Å². The van der Waals surface area contributed by atoms with Crippen LogP contribution in [0.3, 0.4) is 0 Å². The fraction of sp³-hybridized carbons (Fsp3) is 0.567. The maximum atomic E-state index is 10.3. The molecule has 0 heterocycles. The molecule has 0 aliphatic rings. The van der Waals surface area contributed by atoms with E-state index in [0.29, 0.717) is 16.8 Å². The average molecular weight is 501 g/mol. The highest BCUT2D eigenvalue weighted by molar-refractivity contribution is 6.90. The van der Waals surface area contributed by atoms with Gasteiger partial charge in [0.2, 0.25) is 0 Å². The number of aliphatic carboxylic acids is 1. The van der Waals surface area contributed by atoms with E-state index in [9.17, 15) is 14.4 Å². The lowest BCUT2D eigenvalue weighted by molar-refractivity contribution is -0.137. The number of carboxylic acid groups (broad SMARTS) is 1. The quantitative estimate of drug-likeness (QED) is 0.160. The van der Waals surface area contributed by atoms with Crippen molar-refractivity contribution in [1.82, 2.24) is 0 Å². The number of rotatable bonds is 18. The third-order valence-corrected chi connectivity index (χ3v) is 8.62. The van der Waals surface area contributed by atoms with Crippen LogP contribution in [0.25, 0.3) is 0 Å². The van der Waals surface area contributed by atoms with Gasteiger partial charge in [0.1, 0.15) is 0 Å². The predicted octanol–water partition coefficient (Wildman–Crippen LogP) is 6.56. The summed E-state index contributed by atoms with van der Waals surface area (Å²) in [6, 6.07) is 18.0. The van der Waals surface area contributed by atoms with Crippen molar-refractivity contribution in [3.63, 3.8) is 0 Å². The summed E-state index contributed by atoms with van der Waals surface area (Å²) >= 11 is 0. The Morgan fingerprint density at radius 1 is 0.571 bits per heavy atom. The number of carbonyl (C=O) groups is 1. The molecular weight excluding hydrogens is 452 g/mol. The van der Waals surface area contributed by atoms with E-state index < -0.39 is 14.5 Å². The van der Waals surface area contributed by atoms with Gasteiger partial charge in [-0.1, -0.05) is 157 Å². The second-order valence-corrected chi connectivity index (χ2v) is 12.0. The van der Waals surface area contributed by atoms with Crippen molar-refractivity contribution < 1.29 is 19.5 Å². The van der Waals surface area contributed by atoms with Crippen LogP contribution in [0.15, 0.2) is 60.7 Å². The largest absolute Gasteiger partial charge is 0.481 e. The van der Waals surface area contributed by atoms with Crippen molar-refractivity contribution in [2.24, 2.45) is 0 Å². The standard InChI is InChI=1S/C18H36O2.C12H12O2Si/c1-2-3-4-5-6-7-8-9-10-11-12-13-14-15-16-17-18(19)20;13-15(14,11-7-3-1-4-8-11)12-9-5-2-6-10-12/h2-17H2,1H3,(H,19,20);1-10,13-14H. The van der Waals surface area contributed by atoms with Crippen LogP contribution in [0.4, 0.5) is 0 Å². The van der Waals surface area contributed by atoms with Crippen LogP contribution < -0.4 is 10.4 Å². The van der Waals surface area contributed by atoms with Gasteiger partial charge in [-0.05, 0) is 16.8 Å². The van der Waals surface area contributed by atoms with Crippen LogP contribution in [0.2, 0.25) is 0 Å². The molecule has 0 fully saturated rings. The predicted molar refractivity (Wildman–Crippen MR) is 150 cm³/mol. The maximum absolute atomic E-state index is 10.3. The Hall–Kier alpha value is -1.95. The number of unbranched alkanes of at least 4 members (excludes halogenated alkanes) is 14. The summed E-state index contributed by atoms with van der Waals surface area (Å²) < 4.78 is 0. The summed E-state index contributed by atoms with van der Waals surface area (Å²) in [5, 5.41) is 9.73. The smallest absolute Gasteiger partial charge is 0.401 e. The van der Waals surface area contributed by atoms with Crippen LogP contribution in [-0.4, -0.2) is 29.2 Å². The molecule has 35 heavy (non-hydrogen) atoms. The fourth-order valence-corrected chi connectivity index (χ4v) is 5.80. The summed E-state index contributed by atoms with van der Waals surface area (Å²) in [4.78, 5) is 30.6. The van der Waals surface area contributed by atoms with E-state index in [2.05, 4.69) is 6.92 Å². The van der Waals surface area contributed by atoms with Gasteiger partial charge in [0.05, 0.1) is 0 Å². The Bertz CT molecular complexity index is 708. The van der Waals surface area contributed by atoms with E-state index >= 15 is 0 Å². The van der Waals surface area contributed by atoms with Gasteiger partial charge >= 0.3 is 14.5 Å². The zero-order valence-electron chi connectivity index (χ0n) is 21.8. The molecule has 2 aromatic rings. The second kappa shape index (κ2) is 20.3. The van der Waals surface area contributed by atoms with Crippen LogP contribution in [0, 0.1) is 0 Å². The Labute approximate surface area is 214 Å². The molecule has 0 aliphatic heterocycles. The molecule has 0 aromatic heterocycles.